The summed E-state index contributed by atoms with van der Waals surface area (Å²) in [6.07, 6.45) is 0.489. The molecule has 94 valence electrons. The van der Waals surface area contributed by atoms with E-state index in [1.807, 2.05) is 0 Å². The van der Waals surface area contributed by atoms with E-state index in [4.69, 9.17) is 11.5 Å². The van der Waals surface area contributed by atoms with Gasteiger partial charge in [0.05, 0.1) is 5.75 Å². The van der Waals surface area contributed by atoms with Crippen LogP contribution in [0.4, 0.5) is 4.79 Å². The molecule has 0 aliphatic carbocycles. The summed E-state index contributed by atoms with van der Waals surface area (Å²) in [4.78, 5) is 21.6. The molecule has 7 nitrogen and oxygen atoms in total. The number of hydrogen-bond acceptors (Lipinski definition) is 5. The highest BCUT2D eigenvalue weighted by Gasteiger charge is 2.29. The molecule has 16 heavy (non-hydrogen) atoms. The minimum atomic E-state index is -3.66. The molecule has 0 bridgehead atoms. The van der Waals surface area contributed by atoms with E-state index in [9.17, 15) is 18.0 Å². The van der Waals surface area contributed by atoms with Crippen molar-refractivity contribution in [1.29, 1.82) is 0 Å². The molecule has 0 saturated carbocycles. The maximum atomic E-state index is 11.6. The van der Waals surface area contributed by atoms with Gasteiger partial charge in [0.25, 0.3) is 0 Å². The molecule has 0 radical (unpaired) electrons. The van der Waals surface area contributed by atoms with Crippen LogP contribution in [0.1, 0.15) is 20.3 Å². The first-order chi connectivity index (χ1) is 7.20. The quantitative estimate of drug-likeness (QED) is 0.560. The lowest BCUT2D eigenvalue weighted by Gasteiger charge is -2.14. The molecule has 0 aromatic rings. The Kier molecular flexibility index (Phi) is 5.39. The molecule has 0 heterocycles. The van der Waals surface area contributed by atoms with E-state index in [1.165, 1.54) is 6.92 Å². The molecule has 8 heteroatoms. The van der Waals surface area contributed by atoms with E-state index in [-0.39, 0.29) is 5.75 Å². The van der Waals surface area contributed by atoms with Crippen LogP contribution in [0, 0.1) is 0 Å². The van der Waals surface area contributed by atoms with Crippen molar-refractivity contribution >= 4 is 21.8 Å². The average molecular weight is 251 g/mol. The van der Waals surface area contributed by atoms with Crippen molar-refractivity contribution in [3.05, 3.63) is 0 Å². The number of amides is 3. The average Bonchev–Trinajstić information content (AvgIpc) is 2.14. The number of primary amides is 1. The molecule has 2 atom stereocenters. The second-order valence-electron chi connectivity index (χ2n) is 3.49. The summed E-state index contributed by atoms with van der Waals surface area (Å²) in [7, 11) is -3.66. The summed E-state index contributed by atoms with van der Waals surface area (Å²) in [5, 5.41) is 0.384. The third-order valence-electron chi connectivity index (χ3n) is 2.13. The Hall–Kier alpha value is -1.15. The van der Waals surface area contributed by atoms with E-state index in [1.54, 1.807) is 12.2 Å². The number of nitrogens with one attached hydrogen (secondary N) is 1. The Morgan fingerprint density at radius 3 is 2.25 bits per heavy atom. The maximum absolute atomic E-state index is 11.6. The van der Waals surface area contributed by atoms with Gasteiger partial charge in [0.15, 0.2) is 9.84 Å². The molecule has 0 aliphatic heterocycles. The fraction of sp³-hybridized carbons (Fsp3) is 0.750. The van der Waals surface area contributed by atoms with Crippen LogP contribution < -0.4 is 16.8 Å². The van der Waals surface area contributed by atoms with Gasteiger partial charge in [0.2, 0.25) is 5.91 Å². The lowest BCUT2D eigenvalue weighted by Crippen LogP contribution is -2.45. The molecular formula is C8H17N3O4S. The van der Waals surface area contributed by atoms with Gasteiger partial charge >= 0.3 is 6.03 Å². The highest BCUT2D eigenvalue weighted by molar-refractivity contribution is 7.92. The Bertz CT molecular complexity index is 365. The first kappa shape index (κ1) is 14.8. The summed E-state index contributed by atoms with van der Waals surface area (Å²) < 4.78 is 23.3. The smallest absolute Gasteiger partial charge is 0.318 e. The van der Waals surface area contributed by atoms with Crippen molar-refractivity contribution in [2.24, 2.45) is 11.5 Å². The van der Waals surface area contributed by atoms with Crippen LogP contribution in [0.3, 0.4) is 0 Å². The number of imide groups is 1. The Morgan fingerprint density at radius 1 is 1.38 bits per heavy atom. The largest absolute Gasteiger partial charge is 0.351 e. The molecule has 0 aromatic carbocycles. The normalized spacial score (nSPS) is 15.2. The van der Waals surface area contributed by atoms with Gasteiger partial charge in [-0.3, -0.25) is 10.1 Å². The predicted molar refractivity (Wildman–Crippen MR) is 59.2 cm³/mol. The van der Waals surface area contributed by atoms with E-state index in [0.717, 1.165) is 0 Å². The van der Waals surface area contributed by atoms with Gasteiger partial charge in [0.1, 0.15) is 5.25 Å². The van der Waals surface area contributed by atoms with Crippen molar-refractivity contribution in [2.75, 3.05) is 5.75 Å². The zero-order chi connectivity index (χ0) is 12.9. The van der Waals surface area contributed by atoms with Crippen molar-refractivity contribution < 1.29 is 18.0 Å². The predicted octanol–water partition coefficient (Wildman–Crippen LogP) is -1.28. The number of nitrogens with two attached hydrogens (primary N) is 2. The SMILES string of the molecule is CCC(N)CS(=O)(=O)C(C)C(=O)NC(N)=O. The van der Waals surface area contributed by atoms with Crippen LogP contribution in [0.2, 0.25) is 0 Å². The molecule has 0 aromatic heterocycles. The topological polar surface area (TPSA) is 132 Å². The highest BCUT2D eigenvalue weighted by Crippen LogP contribution is 2.05. The lowest BCUT2D eigenvalue weighted by molar-refractivity contribution is -0.119. The minimum absolute atomic E-state index is 0.295. The van der Waals surface area contributed by atoms with Gasteiger partial charge in [0, 0.05) is 6.04 Å². The molecule has 0 aliphatic rings. The molecular weight excluding hydrogens is 234 g/mol. The molecule has 0 fully saturated rings. The Morgan fingerprint density at radius 2 is 1.88 bits per heavy atom. The summed E-state index contributed by atoms with van der Waals surface area (Å²) in [6, 6.07) is -1.60. The van der Waals surface area contributed by atoms with E-state index < -0.39 is 33.1 Å². The summed E-state index contributed by atoms with van der Waals surface area (Å²) in [5.41, 5.74) is 10.2. The molecule has 5 N–H and O–H groups in total. The van der Waals surface area contributed by atoms with Crippen molar-refractivity contribution in [3.63, 3.8) is 0 Å². The summed E-state index contributed by atoms with van der Waals surface area (Å²) in [6.45, 7) is 2.93. The van der Waals surface area contributed by atoms with Crippen LogP contribution in [0.5, 0.6) is 0 Å². The fourth-order valence-electron chi connectivity index (χ4n) is 0.947. The van der Waals surface area contributed by atoms with Gasteiger partial charge in [-0.05, 0) is 13.3 Å². The third-order valence-corrected chi connectivity index (χ3v) is 4.31. The van der Waals surface area contributed by atoms with Gasteiger partial charge in [-0.2, -0.15) is 0 Å². The Labute approximate surface area is 94.5 Å². The van der Waals surface area contributed by atoms with Crippen LogP contribution in [0.15, 0.2) is 0 Å². The van der Waals surface area contributed by atoms with E-state index in [2.05, 4.69) is 0 Å². The van der Waals surface area contributed by atoms with Crippen molar-refractivity contribution in [2.45, 2.75) is 31.6 Å². The molecule has 2 unspecified atom stereocenters. The molecule has 3 amide bonds. The number of sulfone groups is 1. The third kappa shape index (κ3) is 4.58. The number of urea groups is 1. The van der Waals surface area contributed by atoms with E-state index in [0.29, 0.717) is 6.42 Å². The van der Waals surface area contributed by atoms with Crippen LogP contribution in [-0.2, 0) is 14.6 Å². The molecule has 0 saturated heterocycles. The minimum Gasteiger partial charge on any atom is -0.351 e. The zero-order valence-corrected chi connectivity index (χ0v) is 10.1. The fourth-order valence-corrected chi connectivity index (χ4v) is 2.45. The van der Waals surface area contributed by atoms with Crippen LogP contribution in [-0.4, -0.2) is 37.4 Å². The van der Waals surface area contributed by atoms with Gasteiger partial charge in [-0.1, -0.05) is 6.92 Å². The summed E-state index contributed by atoms with van der Waals surface area (Å²) in [5.74, 6) is -1.23. The van der Waals surface area contributed by atoms with Crippen LogP contribution >= 0.6 is 0 Å². The molecule has 0 spiro atoms. The van der Waals surface area contributed by atoms with Gasteiger partial charge in [-0.15, -0.1) is 0 Å². The summed E-state index contributed by atoms with van der Waals surface area (Å²) >= 11 is 0. The number of hydrogen-bond donors (Lipinski definition) is 3. The Balaban J connectivity index is 4.64. The monoisotopic (exact) mass is 251 g/mol. The first-order valence-corrected chi connectivity index (χ1v) is 6.49. The van der Waals surface area contributed by atoms with E-state index >= 15 is 0 Å². The van der Waals surface area contributed by atoms with Crippen molar-refractivity contribution in [1.82, 2.24) is 5.32 Å². The zero-order valence-electron chi connectivity index (χ0n) is 9.26. The highest BCUT2D eigenvalue weighted by atomic mass is 32.2. The number of carbonyl (C=O) groups excluding carboxylic acids is 2. The number of carbonyl (C=O) groups is 2. The number of rotatable bonds is 5. The maximum Gasteiger partial charge on any atom is 0.318 e. The first-order valence-electron chi connectivity index (χ1n) is 4.78. The second-order valence-corrected chi connectivity index (χ2v) is 5.86. The van der Waals surface area contributed by atoms with Crippen molar-refractivity contribution in [3.8, 4) is 0 Å². The standard InChI is InChI=1S/C8H17N3O4S/c1-3-6(9)4-16(14,15)5(2)7(12)11-8(10)13/h5-6H,3-4,9H2,1-2H3,(H3,10,11,12,13). The lowest BCUT2D eigenvalue weighted by atomic mass is 10.3. The molecule has 0 rings (SSSR count). The second kappa shape index (κ2) is 5.80. The van der Waals surface area contributed by atoms with Gasteiger partial charge in [-0.25, -0.2) is 13.2 Å². The van der Waals surface area contributed by atoms with Crippen LogP contribution in [0.25, 0.3) is 0 Å². The van der Waals surface area contributed by atoms with Gasteiger partial charge < -0.3 is 11.5 Å².